The number of hydrogen-bond donors (Lipinski definition) is 1. The van der Waals surface area contributed by atoms with Gasteiger partial charge in [-0.25, -0.2) is 8.42 Å². The zero-order chi connectivity index (χ0) is 20.0. The number of hydrogen-bond acceptors (Lipinski definition) is 5. The summed E-state index contributed by atoms with van der Waals surface area (Å²) in [7, 11) is 0.579. The summed E-state index contributed by atoms with van der Waals surface area (Å²) in [5.74, 6) is -0.238. The lowest BCUT2D eigenvalue weighted by atomic mass is 10.2. The molecule has 0 heterocycles. The lowest BCUT2D eigenvalue weighted by molar-refractivity contribution is -0.117. The molecule has 0 aliphatic carbocycles. The van der Waals surface area contributed by atoms with Crippen molar-refractivity contribution in [1.29, 1.82) is 0 Å². The molecule has 0 saturated carbocycles. The second-order valence-corrected chi connectivity index (χ2v) is 8.66. The summed E-state index contributed by atoms with van der Waals surface area (Å²) in [6, 6.07) is 14.6. The molecule has 2 aromatic rings. The van der Waals surface area contributed by atoms with Crippen LogP contribution in [0.5, 0.6) is 0 Å². The minimum Gasteiger partial charge on any atom is -0.378 e. The first kappa shape index (κ1) is 20.9. The minimum atomic E-state index is -3.41. The lowest BCUT2D eigenvalue weighted by Crippen LogP contribution is -2.33. The first-order valence-corrected chi connectivity index (χ1v) is 10.7. The van der Waals surface area contributed by atoms with Crippen LogP contribution in [0.3, 0.4) is 0 Å². The van der Waals surface area contributed by atoms with E-state index in [1.165, 1.54) is 6.07 Å². The smallest absolute Gasteiger partial charge is 0.238 e. The summed E-state index contributed by atoms with van der Waals surface area (Å²) in [6.07, 6.45) is 1.13. The maximum atomic E-state index is 12.4. The highest BCUT2D eigenvalue weighted by molar-refractivity contribution is 7.90. The maximum Gasteiger partial charge on any atom is 0.238 e. The van der Waals surface area contributed by atoms with Crippen molar-refractivity contribution in [2.45, 2.75) is 18.4 Å². The number of anilines is 2. The Balaban J connectivity index is 2.03. The molecule has 1 amide bonds. The van der Waals surface area contributed by atoms with Crippen molar-refractivity contribution in [3.8, 4) is 0 Å². The van der Waals surface area contributed by atoms with E-state index in [4.69, 9.17) is 0 Å². The first-order valence-electron chi connectivity index (χ1n) is 8.78. The van der Waals surface area contributed by atoms with Crippen LogP contribution in [0, 0.1) is 0 Å². The Bertz CT molecular complexity index is 878. The molecule has 2 aromatic carbocycles. The fourth-order valence-corrected chi connectivity index (χ4v) is 3.57. The van der Waals surface area contributed by atoms with Crippen molar-refractivity contribution in [1.82, 2.24) is 4.90 Å². The zero-order valence-electron chi connectivity index (χ0n) is 16.3. The van der Waals surface area contributed by atoms with Crippen molar-refractivity contribution in [2.24, 2.45) is 0 Å². The average Bonchev–Trinajstić information content (AvgIpc) is 2.61. The van der Waals surface area contributed by atoms with E-state index < -0.39 is 9.84 Å². The van der Waals surface area contributed by atoms with Crippen LogP contribution in [0.25, 0.3) is 0 Å². The third kappa shape index (κ3) is 6.08. The molecule has 1 N–H and O–H groups in total. The molecule has 0 saturated heterocycles. The van der Waals surface area contributed by atoms with E-state index in [1.54, 1.807) is 18.2 Å². The fourth-order valence-electron chi connectivity index (χ4n) is 2.72. The Morgan fingerprint density at radius 1 is 1.04 bits per heavy atom. The maximum absolute atomic E-state index is 12.4. The van der Waals surface area contributed by atoms with E-state index in [0.29, 0.717) is 18.8 Å². The van der Waals surface area contributed by atoms with Crippen LogP contribution >= 0.6 is 0 Å². The van der Waals surface area contributed by atoms with Crippen LogP contribution < -0.4 is 10.2 Å². The fraction of sp³-hybridized carbons (Fsp3) is 0.350. The number of benzene rings is 2. The molecule has 0 aliphatic heterocycles. The highest BCUT2D eigenvalue weighted by Gasteiger charge is 2.16. The van der Waals surface area contributed by atoms with Gasteiger partial charge < -0.3 is 10.2 Å². The summed E-state index contributed by atoms with van der Waals surface area (Å²) in [5.41, 5.74) is 2.56. The molecular weight excluding hydrogens is 362 g/mol. The number of nitrogens with zero attached hydrogens (tertiary/aromatic N) is 2. The number of carbonyl (C=O) groups excluding carboxylic acids is 1. The van der Waals surface area contributed by atoms with Gasteiger partial charge in [0.25, 0.3) is 0 Å². The number of nitrogens with one attached hydrogen (secondary N) is 1. The minimum absolute atomic E-state index is 0.126. The number of sulfone groups is 1. The second kappa shape index (κ2) is 9.01. The predicted molar refractivity (Wildman–Crippen MR) is 110 cm³/mol. The van der Waals surface area contributed by atoms with Gasteiger partial charge in [0.1, 0.15) is 0 Å². The number of amides is 1. The Morgan fingerprint density at radius 2 is 1.67 bits per heavy atom. The predicted octanol–water partition coefficient (Wildman–Crippen LogP) is 2.62. The van der Waals surface area contributed by atoms with Crippen LogP contribution in [0.1, 0.15) is 12.5 Å². The average molecular weight is 390 g/mol. The third-order valence-corrected chi connectivity index (χ3v) is 5.39. The van der Waals surface area contributed by atoms with Crippen molar-refractivity contribution >= 4 is 27.1 Å². The molecule has 0 unspecified atom stereocenters. The zero-order valence-corrected chi connectivity index (χ0v) is 17.1. The van der Waals surface area contributed by atoms with E-state index >= 15 is 0 Å². The largest absolute Gasteiger partial charge is 0.378 e. The number of likely N-dealkylation sites (N-methyl/N-ethyl adjacent to an activating group) is 1. The monoisotopic (exact) mass is 389 g/mol. The van der Waals surface area contributed by atoms with Crippen molar-refractivity contribution < 1.29 is 13.2 Å². The van der Waals surface area contributed by atoms with Gasteiger partial charge in [0.15, 0.2) is 9.84 Å². The molecule has 0 spiro atoms. The van der Waals surface area contributed by atoms with Gasteiger partial charge in [-0.3, -0.25) is 9.69 Å². The van der Waals surface area contributed by atoms with Crippen LogP contribution in [-0.2, 0) is 21.2 Å². The van der Waals surface area contributed by atoms with Crippen molar-refractivity contribution in [2.75, 3.05) is 43.7 Å². The molecule has 2 rings (SSSR count). The van der Waals surface area contributed by atoms with Crippen molar-refractivity contribution in [3.05, 3.63) is 54.1 Å². The molecule has 0 bridgehead atoms. The van der Waals surface area contributed by atoms with E-state index in [1.807, 2.05) is 43.0 Å². The van der Waals surface area contributed by atoms with Crippen molar-refractivity contribution in [3.63, 3.8) is 0 Å². The molecule has 7 heteroatoms. The van der Waals surface area contributed by atoms with Gasteiger partial charge in [0.2, 0.25) is 5.91 Å². The second-order valence-electron chi connectivity index (χ2n) is 6.68. The summed E-state index contributed by atoms with van der Waals surface area (Å²) in [5, 5.41) is 2.73. The van der Waals surface area contributed by atoms with E-state index in [2.05, 4.69) is 17.4 Å². The molecule has 0 radical (unpaired) electrons. The van der Waals surface area contributed by atoms with Gasteiger partial charge in [-0.2, -0.15) is 0 Å². The molecule has 6 nitrogen and oxygen atoms in total. The van der Waals surface area contributed by atoms with E-state index in [0.717, 1.165) is 17.5 Å². The molecule has 27 heavy (non-hydrogen) atoms. The normalized spacial score (nSPS) is 11.4. The molecule has 146 valence electrons. The quantitative estimate of drug-likeness (QED) is 0.752. The number of para-hydroxylation sites is 1. The van der Waals surface area contributed by atoms with Gasteiger partial charge in [-0.05, 0) is 36.4 Å². The highest BCUT2D eigenvalue weighted by Crippen LogP contribution is 2.20. The highest BCUT2D eigenvalue weighted by atomic mass is 32.2. The summed E-state index contributed by atoms with van der Waals surface area (Å²) in [6.45, 7) is 3.53. The molecule has 0 atom stereocenters. The van der Waals surface area contributed by atoms with Gasteiger partial charge in [0, 0.05) is 32.6 Å². The van der Waals surface area contributed by atoms with E-state index in [9.17, 15) is 13.2 Å². The number of carbonyl (C=O) groups is 1. The molecular formula is C20H27N3O3S. The summed E-state index contributed by atoms with van der Waals surface area (Å²) in [4.78, 5) is 16.6. The Kier molecular flexibility index (Phi) is 6.98. The summed E-state index contributed by atoms with van der Waals surface area (Å²) < 4.78 is 23.7. The molecule has 0 aliphatic rings. The van der Waals surface area contributed by atoms with Crippen LogP contribution in [0.15, 0.2) is 53.4 Å². The third-order valence-electron chi connectivity index (χ3n) is 4.23. The Morgan fingerprint density at radius 3 is 2.22 bits per heavy atom. The number of rotatable bonds is 8. The lowest BCUT2D eigenvalue weighted by Gasteiger charge is -2.21. The van der Waals surface area contributed by atoms with E-state index in [-0.39, 0.29) is 17.3 Å². The van der Waals surface area contributed by atoms with Crippen LogP contribution in [-0.4, -0.2) is 52.7 Å². The topological polar surface area (TPSA) is 69.7 Å². The SMILES string of the molecule is CCN(CC(=O)Nc1ccccc1S(C)(=O)=O)Cc1ccc(N(C)C)cc1. The van der Waals surface area contributed by atoms with Gasteiger partial charge >= 0.3 is 0 Å². The first-order chi connectivity index (χ1) is 12.7. The standard InChI is InChI=1S/C20H27N3O3S/c1-5-23(14-16-10-12-17(13-11-16)22(2)3)15-20(24)21-18-8-6-7-9-19(18)27(4,25)26/h6-13H,5,14-15H2,1-4H3,(H,21,24). The Hall–Kier alpha value is -2.38. The molecule has 0 aromatic heterocycles. The summed E-state index contributed by atoms with van der Waals surface area (Å²) >= 11 is 0. The van der Waals surface area contributed by atoms with Crippen LogP contribution in [0.2, 0.25) is 0 Å². The van der Waals surface area contributed by atoms with Gasteiger partial charge in [-0.15, -0.1) is 0 Å². The molecule has 0 fully saturated rings. The van der Waals surface area contributed by atoms with Crippen LogP contribution in [0.4, 0.5) is 11.4 Å². The van der Waals surface area contributed by atoms with Gasteiger partial charge in [-0.1, -0.05) is 31.2 Å². The van der Waals surface area contributed by atoms with Gasteiger partial charge in [0.05, 0.1) is 17.1 Å². The Labute approximate surface area is 161 Å².